The van der Waals surface area contributed by atoms with E-state index in [0.717, 1.165) is 61.0 Å². The molecule has 0 amide bonds. The average molecular weight is 528 g/mol. The van der Waals surface area contributed by atoms with Gasteiger partial charge in [0, 0.05) is 43.2 Å². The smallest absolute Gasteiger partial charge is 0.253 e. The molecule has 0 spiro atoms. The number of tetrazole rings is 1. The highest BCUT2D eigenvalue weighted by Crippen LogP contribution is 2.34. The zero-order valence-electron chi connectivity index (χ0n) is 22.6. The molecule has 1 saturated carbocycles. The fourth-order valence-electron chi connectivity index (χ4n) is 6.20. The Bertz CT molecular complexity index is 1440. The number of ether oxygens (including phenoxy) is 1. The minimum absolute atomic E-state index is 0.0921. The Morgan fingerprint density at radius 3 is 2.77 bits per heavy atom. The molecule has 4 heterocycles. The second kappa shape index (κ2) is 11.8. The van der Waals surface area contributed by atoms with Crippen molar-refractivity contribution in [1.29, 1.82) is 0 Å². The standard InChI is InChI=1S/C30H37N7O2/c1-2-21-12-13-27-23(16-21)17-26(30(38)32-27)28(29-33-34-35-37(29)24-9-4-3-5-10-24)36(20-25-11-7-15-39-25)19-22-8-6-14-31-18-22/h6,8,12-14,16-18,24-25,28H,2-5,7,9-11,15,19-20H2,1H3,(H,32,38)/t25-,28-/m1/s1. The van der Waals surface area contributed by atoms with Crippen molar-refractivity contribution in [3.05, 3.63) is 81.7 Å². The van der Waals surface area contributed by atoms with Crippen LogP contribution in [0.5, 0.6) is 0 Å². The number of aromatic nitrogens is 6. The maximum Gasteiger partial charge on any atom is 0.253 e. The number of hydrogen-bond acceptors (Lipinski definition) is 7. The van der Waals surface area contributed by atoms with E-state index < -0.39 is 6.04 Å². The molecule has 1 saturated heterocycles. The van der Waals surface area contributed by atoms with Gasteiger partial charge in [-0.25, -0.2) is 4.68 Å². The molecule has 9 heteroatoms. The highest BCUT2D eigenvalue weighted by molar-refractivity contribution is 5.80. The van der Waals surface area contributed by atoms with Gasteiger partial charge >= 0.3 is 0 Å². The van der Waals surface area contributed by atoms with Crippen LogP contribution in [0.1, 0.15) is 86.5 Å². The van der Waals surface area contributed by atoms with Crippen LogP contribution in [0.2, 0.25) is 0 Å². The quantitative estimate of drug-likeness (QED) is 0.335. The molecule has 2 fully saturated rings. The monoisotopic (exact) mass is 527 g/mol. The summed E-state index contributed by atoms with van der Waals surface area (Å²) in [7, 11) is 0. The van der Waals surface area contributed by atoms with E-state index in [0.29, 0.717) is 18.7 Å². The van der Waals surface area contributed by atoms with Crippen LogP contribution in [0, 0.1) is 0 Å². The lowest BCUT2D eigenvalue weighted by molar-refractivity contribution is 0.0567. The van der Waals surface area contributed by atoms with Crippen LogP contribution in [0.4, 0.5) is 0 Å². The molecule has 6 rings (SSSR count). The zero-order chi connectivity index (χ0) is 26.6. The van der Waals surface area contributed by atoms with E-state index in [9.17, 15) is 4.79 Å². The number of benzene rings is 1. The second-order valence-corrected chi connectivity index (χ2v) is 10.9. The van der Waals surface area contributed by atoms with Gasteiger partial charge in [-0.2, -0.15) is 0 Å². The molecule has 0 bridgehead atoms. The molecule has 1 aromatic carbocycles. The first-order chi connectivity index (χ1) is 19.2. The molecule has 1 aliphatic heterocycles. The first-order valence-corrected chi connectivity index (χ1v) is 14.4. The van der Waals surface area contributed by atoms with Gasteiger partial charge in [-0.05, 0) is 83.3 Å². The topological polar surface area (TPSA) is 102 Å². The Morgan fingerprint density at radius 1 is 1.10 bits per heavy atom. The second-order valence-electron chi connectivity index (χ2n) is 10.9. The number of fused-ring (bicyclic) bond motifs is 1. The van der Waals surface area contributed by atoms with Gasteiger partial charge < -0.3 is 9.72 Å². The molecule has 2 atom stereocenters. The van der Waals surface area contributed by atoms with Crippen molar-refractivity contribution in [2.75, 3.05) is 13.2 Å². The molecule has 39 heavy (non-hydrogen) atoms. The predicted molar refractivity (Wildman–Crippen MR) is 149 cm³/mol. The van der Waals surface area contributed by atoms with Crippen LogP contribution in [-0.4, -0.2) is 54.3 Å². The van der Waals surface area contributed by atoms with Gasteiger partial charge in [0.05, 0.1) is 12.1 Å². The number of H-pyrrole nitrogens is 1. The van der Waals surface area contributed by atoms with Gasteiger partial charge in [-0.1, -0.05) is 38.3 Å². The first kappa shape index (κ1) is 25.8. The van der Waals surface area contributed by atoms with Crippen molar-refractivity contribution in [3.63, 3.8) is 0 Å². The number of nitrogens with zero attached hydrogens (tertiary/aromatic N) is 6. The van der Waals surface area contributed by atoms with Crippen LogP contribution in [0.15, 0.2) is 53.6 Å². The maximum absolute atomic E-state index is 13.8. The maximum atomic E-state index is 13.8. The van der Waals surface area contributed by atoms with E-state index in [1.54, 1.807) is 6.20 Å². The van der Waals surface area contributed by atoms with Crippen molar-refractivity contribution in [3.8, 4) is 0 Å². The van der Waals surface area contributed by atoms with Crippen LogP contribution in [0.25, 0.3) is 10.9 Å². The summed E-state index contributed by atoms with van der Waals surface area (Å²) in [4.78, 5) is 23.6. The number of aryl methyl sites for hydroxylation is 1. The summed E-state index contributed by atoms with van der Waals surface area (Å²) < 4.78 is 8.10. The van der Waals surface area contributed by atoms with Gasteiger partial charge in [-0.15, -0.1) is 5.10 Å². The Labute approximate surface area is 228 Å². The molecule has 1 aliphatic carbocycles. The third kappa shape index (κ3) is 5.65. The van der Waals surface area contributed by atoms with E-state index in [4.69, 9.17) is 4.74 Å². The zero-order valence-corrected chi connectivity index (χ0v) is 22.6. The molecule has 0 radical (unpaired) electrons. The summed E-state index contributed by atoms with van der Waals surface area (Å²) in [5.41, 5.74) is 3.69. The predicted octanol–water partition coefficient (Wildman–Crippen LogP) is 4.75. The molecule has 3 aromatic heterocycles. The van der Waals surface area contributed by atoms with Crippen molar-refractivity contribution >= 4 is 10.9 Å². The highest BCUT2D eigenvalue weighted by Gasteiger charge is 2.35. The molecule has 0 unspecified atom stereocenters. The summed E-state index contributed by atoms with van der Waals surface area (Å²) in [5, 5.41) is 14.3. The minimum atomic E-state index is -0.440. The Kier molecular flexibility index (Phi) is 7.78. The molecular weight excluding hydrogens is 490 g/mol. The fraction of sp³-hybridized carbons (Fsp3) is 0.500. The number of hydrogen-bond donors (Lipinski definition) is 1. The van der Waals surface area contributed by atoms with Gasteiger partial charge in [0.2, 0.25) is 0 Å². The third-order valence-electron chi connectivity index (χ3n) is 8.26. The Hall–Kier alpha value is -3.43. The normalized spacial score (nSPS) is 19.2. The van der Waals surface area contributed by atoms with Crippen molar-refractivity contribution in [2.24, 2.45) is 0 Å². The van der Waals surface area contributed by atoms with Gasteiger partial charge in [0.15, 0.2) is 5.82 Å². The summed E-state index contributed by atoms with van der Waals surface area (Å²) in [6.45, 7) is 4.18. The minimum Gasteiger partial charge on any atom is -0.377 e. The van der Waals surface area contributed by atoms with E-state index in [1.165, 1.54) is 24.8 Å². The van der Waals surface area contributed by atoms with Crippen LogP contribution < -0.4 is 5.56 Å². The molecule has 9 nitrogen and oxygen atoms in total. The summed E-state index contributed by atoms with van der Waals surface area (Å²) in [6.07, 6.45) is 12.4. The lowest BCUT2D eigenvalue weighted by atomic mass is 9.95. The summed E-state index contributed by atoms with van der Waals surface area (Å²) in [5.74, 6) is 0.722. The molecule has 204 valence electrons. The lowest BCUT2D eigenvalue weighted by Gasteiger charge is -2.34. The van der Waals surface area contributed by atoms with Crippen molar-refractivity contribution in [2.45, 2.75) is 83.0 Å². The largest absolute Gasteiger partial charge is 0.377 e. The van der Waals surface area contributed by atoms with Crippen LogP contribution in [0.3, 0.4) is 0 Å². The van der Waals surface area contributed by atoms with Gasteiger partial charge in [0.1, 0.15) is 6.04 Å². The number of aromatic amines is 1. The highest BCUT2D eigenvalue weighted by atomic mass is 16.5. The molecule has 1 N–H and O–H groups in total. The Morgan fingerprint density at radius 2 is 2.00 bits per heavy atom. The van der Waals surface area contributed by atoms with Crippen LogP contribution >= 0.6 is 0 Å². The lowest BCUT2D eigenvalue weighted by Crippen LogP contribution is -2.39. The molecule has 2 aliphatic rings. The summed E-state index contributed by atoms with van der Waals surface area (Å²) in [6, 6.07) is 12.1. The third-order valence-corrected chi connectivity index (χ3v) is 8.26. The average Bonchev–Trinajstić information content (AvgIpc) is 3.67. The van der Waals surface area contributed by atoms with E-state index in [2.05, 4.69) is 55.5 Å². The molecular formula is C30H37N7O2. The van der Waals surface area contributed by atoms with Gasteiger partial charge in [-0.3, -0.25) is 14.7 Å². The van der Waals surface area contributed by atoms with Crippen molar-refractivity contribution < 1.29 is 4.74 Å². The number of pyridine rings is 2. The number of nitrogens with one attached hydrogen (secondary N) is 1. The van der Waals surface area contributed by atoms with Crippen LogP contribution in [-0.2, 0) is 17.7 Å². The van der Waals surface area contributed by atoms with E-state index >= 15 is 0 Å². The Balaban J connectivity index is 1.50. The van der Waals surface area contributed by atoms with E-state index in [1.807, 2.05) is 29.1 Å². The van der Waals surface area contributed by atoms with Gasteiger partial charge in [0.25, 0.3) is 5.56 Å². The fourth-order valence-corrected chi connectivity index (χ4v) is 6.20. The first-order valence-electron chi connectivity index (χ1n) is 14.4. The van der Waals surface area contributed by atoms with E-state index in [-0.39, 0.29) is 17.7 Å². The number of rotatable bonds is 9. The van der Waals surface area contributed by atoms with Crippen molar-refractivity contribution in [1.82, 2.24) is 35.1 Å². The summed E-state index contributed by atoms with van der Waals surface area (Å²) >= 11 is 0. The SMILES string of the molecule is CCc1ccc2[nH]c(=O)c([C@H](c3nnnn3C3CCCCC3)N(Cc3cccnc3)C[C@H]3CCCO3)cc2c1. The molecule has 4 aromatic rings.